The first-order valence-corrected chi connectivity index (χ1v) is 18.6. The number of benzene rings is 2. The summed E-state index contributed by atoms with van der Waals surface area (Å²) in [5, 5.41) is 0.843. The van der Waals surface area contributed by atoms with E-state index in [0.29, 0.717) is 32.8 Å². The molecule has 2 aromatic carbocycles. The topological polar surface area (TPSA) is 125 Å². The summed E-state index contributed by atoms with van der Waals surface area (Å²) in [4.78, 5) is 13.3. The van der Waals surface area contributed by atoms with E-state index < -0.39 is 20.0 Å². The lowest BCUT2D eigenvalue weighted by Crippen LogP contribution is -2.18. The van der Waals surface area contributed by atoms with Crippen LogP contribution in [0.3, 0.4) is 0 Å². The SMILES string of the molecule is Cc1c(Cl)cccc1S(=O)(=O)Nc1ccc(N2CCCC2)cn1.Cc1c(Cl)cccc1S(=O)(=O)Nc1ccc(N2CCCC2)cn1. The van der Waals surface area contributed by atoms with Gasteiger partial charge in [0.1, 0.15) is 11.6 Å². The first-order valence-electron chi connectivity index (χ1n) is 14.9. The molecule has 0 aliphatic carbocycles. The number of nitrogens with zero attached hydrogens (tertiary/aromatic N) is 4. The zero-order chi connectivity index (χ0) is 32.9. The lowest BCUT2D eigenvalue weighted by atomic mass is 10.2. The summed E-state index contributed by atoms with van der Waals surface area (Å²) in [5.74, 6) is 0.597. The number of pyridine rings is 2. The Labute approximate surface area is 280 Å². The summed E-state index contributed by atoms with van der Waals surface area (Å²) in [6.07, 6.45) is 8.14. The van der Waals surface area contributed by atoms with Crippen LogP contribution in [0.25, 0.3) is 0 Å². The third-order valence-electron chi connectivity index (χ3n) is 7.93. The van der Waals surface area contributed by atoms with Gasteiger partial charge in [0.25, 0.3) is 20.0 Å². The van der Waals surface area contributed by atoms with Gasteiger partial charge in [0.2, 0.25) is 0 Å². The highest BCUT2D eigenvalue weighted by Gasteiger charge is 2.21. The normalized spacial score (nSPS) is 15.0. The van der Waals surface area contributed by atoms with Crippen LogP contribution in [0, 0.1) is 13.8 Å². The van der Waals surface area contributed by atoms with Gasteiger partial charge >= 0.3 is 0 Å². The zero-order valence-electron chi connectivity index (χ0n) is 25.6. The number of hydrogen-bond donors (Lipinski definition) is 2. The molecule has 46 heavy (non-hydrogen) atoms. The van der Waals surface area contributed by atoms with Crippen LogP contribution in [-0.4, -0.2) is 53.0 Å². The second kappa shape index (κ2) is 14.5. The summed E-state index contributed by atoms with van der Waals surface area (Å²) in [7, 11) is -7.42. The van der Waals surface area contributed by atoms with Gasteiger partial charge in [0.05, 0.1) is 33.6 Å². The minimum absolute atomic E-state index is 0.162. The third-order valence-corrected chi connectivity index (χ3v) is 11.7. The Balaban J connectivity index is 0.000000181. The fourth-order valence-corrected chi connectivity index (χ4v) is 8.38. The number of hydrogen-bond acceptors (Lipinski definition) is 8. The maximum Gasteiger partial charge on any atom is 0.263 e. The van der Waals surface area contributed by atoms with Crippen molar-refractivity contribution >= 4 is 66.3 Å². The molecule has 2 fully saturated rings. The van der Waals surface area contributed by atoms with Crippen molar-refractivity contribution in [3.05, 3.63) is 94.2 Å². The van der Waals surface area contributed by atoms with Crippen molar-refractivity contribution in [1.29, 1.82) is 0 Å². The summed E-state index contributed by atoms with van der Waals surface area (Å²) < 4.78 is 55.0. The second-order valence-corrected chi connectivity index (χ2v) is 15.2. The van der Waals surface area contributed by atoms with E-state index >= 15 is 0 Å². The Morgan fingerprint density at radius 3 is 1.28 bits per heavy atom. The molecule has 4 heterocycles. The quantitative estimate of drug-likeness (QED) is 0.203. The van der Waals surface area contributed by atoms with Crippen LogP contribution < -0.4 is 19.2 Å². The van der Waals surface area contributed by atoms with E-state index in [1.807, 2.05) is 12.1 Å². The van der Waals surface area contributed by atoms with E-state index in [9.17, 15) is 16.8 Å². The van der Waals surface area contributed by atoms with Crippen LogP contribution >= 0.6 is 23.2 Å². The lowest BCUT2D eigenvalue weighted by Gasteiger charge is -2.17. The van der Waals surface area contributed by atoms with Gasteiger partial charge in [0, 0.05) is 36.2 Å². The largest absolute Gasteiger partial charge is 0.370 e. The van der Waals surface area contributed by atoms with E-state index in [-0.39, 0.29) is 9.79 Å². The first kappa shape index (κ1) is 33.8. The molecule has 0 radical (unpaired) electrons. The number of aromatic nitrogens is 2. The van der Waals surface area contributed by atoms with E-state index in [4.69, 9.17) is 23.2 Å². The Bertz CT molecular complexity index is 1740. The van der Waals surface area contributed by atoms with E-state index in [0.717, 1.165) is 37.6 Å². The minimum atomic E-state index is -3.71. The molecule has 0 unspecified atom stereocenters. The summed E-state index contributed by atoms with van der Waals surface area (Å²) in [6.45, 7) is 7.45. The maximum atomic E-state index is 12.5. The van der Waals surface area contributed by atoms with Gasteiger partial charge in [-0.2, -0.15) is 0 Å². The standard InChI is InChI=1S/2C16H18ClN3O2S/c2*1-12-14(17)5-4-6-15(12)23(21,22)19-16-8-7-13(11-18-16)20-9-2-3-10-20/h2*4-8,11H,2-3,9-10H2,1H3,(H,18,19). The van der Waals surface area contributed by atoms with Crippen LogP contribution in [0.15, 0.2) is 82.8 Å². The first-order chi connectivity index (χ1) is 21.9. The molecule has 2 saturated heterocycles. The molecule has 10 nitrogen and oxygen atoms in total. The average molecular weight is 704 g/mol. The van der Waals surface area contributed by atoms with Crippen LogP contribution in [0.5, 0.6) is 0 Å². The van der Waals surface area contributed by atoms with Crippen molar-refractivity contribution < 1.29 is 16.8 Å². The van der Waals surface area contributed by atoms with Gasteiger partial charge in [-0.05, 0) is 99.2 Å². The molecule has 2 N–H and O–H groups in total. The number of halogens is 2. The molecule has 14 heteroatoms. The molecular formula is C32H36Cl2N6O4S2. The molecular weight excluding hydrogens is 667 g/mol. The van der Waals surface area contributed by atoms with Crippen LogP contribution in [0.4, 0.5) is 23.0 Å². The number of nitrogens with one attached hydrogen (secondary N) is 2. The fourth-order valence-electron chi connectivity index (χ4n) is 5.36. The van der Waals surface area contributed by atoms with Crippen molar-refractivity contribution in [2.24, 2.45) is 0 Å². The summed E-state index contributed by atoms with van der Waals surface area (Å²) in [6, 6.07) is 16.8. The van der Waals surface area contributed by atoms with Gasteiger partial charge in [-0.3, -0.25) is 9.44 Å². The van der Waals surface area contributed by atoms with Crippen molar-refractivity contribution in [3.8, 4) is 0 Å². The molecule has 0 bridgehead atoms. The number of sulfonamides is 2. The van der Waals surface area contributed by atoms with Gasteiger partial charge in [-0.1, -0.05) is 35.3 Å². The van der Waals surface area contributed by atoms with Gasteiger partial charge in [0.15, 0.2) is 0 Å². The third kappa shape index (κ3) is 8.03. The van der Waals surface area contributed by atoms with Crippen LogP contribution in [0.1, 0.15) is 36.8 Å². The molecule has 2 aromatic heterocycles. The Hall–Kier alpha value is -3.58. The molecule has 0 amide bonds. The smallest absolute Gasteiger partial charge is 0.263 e. The Morgan fingerprint density at radius 2 is 0.957 bits per heavy atom. The van der Waals surface area contributed by atoms with Crippen molar-refractivity contribution in [3.63, 3.8) is 0 Å². The highest BCUT2D eigenvalue weighted by molar-refractivity contribution is 7.93. The van der Waals surface area contributed by atoms with Crippen LogP contribution in [-0.2, 0) is 20.0 Å². The molecule has 244 valence electrons. The van der Waals surface area contributed by atoms with E-state index in [1.165, 1.54) is 37.8 Å². The van der Waals surface area contributed by atoms with Gasteiger partial charge < -0.3 is 9.80 Å². The summed E-state index contributed by atoms with van der Waals surface area (Å²) >= 11 is 12.0. The van der Waals surface area contributed by atoms with Gasteiger partial charge in [-0.15, -0.1) is 0 Å². The molecule has 2 aliphatic rings. The van der Waals surface area contributed by atoms with Gasteiger partial charge in [-0.25, -0.2) is 26.8 Å². The molecule has 0 atom stereocenters. The van der Waals surface area contributed by atoms with Crippen molar-refractivity contribution in [1.82, 2.24) is 9.97 Å². The molecule has 6 rings (SSSR count). The predicted molar refractivity (Wildman–Crippen MR) is 185 cm³/mol. The van der Waals surface area contributed by atoms with E-state index in [2.05, 4.69) is 29.2 Å². The molecule has 4 aromatic rings. The van der Waals surface area contributed by atoms with Crippen molar-refractivity contribution in [2.45, 2.75) is 49.3 Å². The maximum absolute atomic E-state index is 12.5. The van der Waals surface area contributed by atoms with Crippen LogP contribution in [0.2, 0.25) is 10.0 Å². The van der Waals surface area contributed by atoms with Crippen molar-refractivity contribution in [2.75, 3.05) is 45.4 Å². The predicted octanol–water partition coefficient (Wildman–Crippen LogP) is 6.89. The number of rotatable bonds is 8. The zero-order valence-corrected chi connectivity index (χ0v) is 28.7. The van der Waals surface area contributed by atoms with E-state index in [1.54, 1.807) is 62.6 Å². The minimum Gasteiger partial charge on any atom is -0.370 e. The Kier molecular flexibility index (Phi) is 10.6. The number of anilines is 4. The monoisotopic (exact) mass is 702 g/mol. The fraction of sp³-hybridized carbons (Fsp3) is 0.312. The second-order valence-electron chi connectivity index (χ2n) is 11.1. The average Bonchev–Trinajstić information content (AvgIpc) is 3.76. The molecule has 0 spiro atoms. The molecule has 2 aliphatic heterocycles. The highest BCUT2D eigenvalue weighted by Crippen LogP contribution is 2.27. The highest BCUT2D eigenvalue weighted by atomic mass is 35.5. The molecule has 0 saturated carbocycles. The summed E-state index contributed by atoms with van der Waals surface area (Å²) in [5.41, 5.74) is 3.08. The Morgan fingerprint density at radius 1 is 0.587 bits per heavy atom. The lowest BCUT2D eigenvalue weighted by molar-refractivity contribution is 0.598.